The number of hydrogen-bond acceptors (Lipinski definition) is 3. The molecule has 3 aromatic carbocycles. The van der Waals surface area contributed by atoms with Crippen molar-refractivity contribution in [3.8, 4) is 5.75 Å². The molecule has 0 radical (unpaired) electrons. The molecule has 0 aliphatic carbocycles. The van der Waals surface area contributed by atoms with Gasteiger partial charge in [0.25, 0.3) is 5.91 Å². The summed E-state index contributed by atoms with van der Waals surface area (Å²) in [5, 5.41) is 8.35. The third kappa shape index (κ3) is 4.45. The van der Waals surface area contributed by atoms with Gasteiger partial charge in [0.15, 0.2) is 5.11 Å². The van der Waals surface area contributed by atoms with E-state index in [9.17, 15) is 4.79 Å². The molecule has 0 saturated heterocycles. The fraction of sp³-hybridized carbons (Fsp3) is 0.0526. The van der Waals surface area contributed by atoms with Crippen LogP contribution in [-0.2, 0) is 0 Å². The molecule has 138 valence electrons. The van der Waals surface area contributed by atoms with E-state index < -0.39 is 5.91 Å². The molecule has 0 atom stereocenters. The van der Waals surface area contributed by atoms with Crippen LogP contribution in [0.1, 0.15) is 10.4 Å². The molecule has 3 rings (SSSR count). The van der Waals surface area contributed by atoms with Gasteiger partial charge in [0, 0.05) is 0 Å². The number of carbonyl (C=O) groups is 1. The van der Waals surface area contributed by atoms with Gasteiger partial charge in [-0.1, -0.05) is 59.1 Å². The lowest BCUT2D eigenvalue weighted by Crippen LogP contribution is -2.34. The zero-order chi connectivity index (χ0) is 19.6. The van der Waals surface area contributed by atoms with Crippen molar-refractivity contribution < 1.29 is 9.53 Å². The lowest BCUT2D eigenvalue weighted by Gasteiger charge is -2.14. The predicted molar refractivity (Wildman–Crippen MR) is 116 cm³/mol. The van der Waals surface area contributed by atoms with Crippen molar-refractivity contribution in [1.82, 2.24) is 5.32 Å². The van der Waals surface area contributed by atoms with Crippen molar-refractivity contribution in [2.24, 2.45) is 0 Å². The fourth-order valence-electron chi connectivity index (χ4n) is 2.51. The van der Waals surface area contributed by atoms with Crippen LogP contribution < -0.4 is 15.4 Å². The van der Waals surface area contributed by atoms with Gasteiger partial charge in [-0.25, -0.2) is 0 Å². The molecule has 0 aliphatic rings. The summed E-state index contributed by atoms with van der Waals surface area (Å²) in [6, 6.07) is 14.2. The number of thiocarbonyl (C=S) groups is 1. The van der Waals surface area contributed by atoms with Crippen molar-refractivity contribution in [2.75, 3.05) is 12.4 Å². The molecule has 0 saturated carbocycles. The van der Waals surface area contributed by atoms with E-state index in [0.29, 0.717) is 32.1 Å². The molecule has 4 nitrogen and oxygen atoms in total. The number of amides is 1. The normalized spacial score (nSPS) is 10.5. The van der Waals surface area contributed by atoms with Gasteiger partial charge in [-0.15, -0.1) is 0 Å². The first-order chi connectivity index (χ1) is 12.9. The van der Waals surface area contributed by atoms with Gasteiger partial charge in [-0.2, -0.15) is 0 Å². The first-order valence-electron chi connectivity index (χ1n) is 7.72. The second-order valence-electron chi connectivity index (χ2n) is 5.55. The average molecular weight is 440 g/mol. The maximum absolute atomic E-state index is 12.7. The van der Waals surface area contributed by atoms with Gasteiger partial charge < -0.3 is 10.1 Å². The molecule has 0 bridgehead atoms. The van der Waals surface area contributed by atoms with E-state index in [1.54, 1.807) is 12.1 Å². The molecular formula is C19H13Cl3N2O2S. The second kappa shape index (κ2) is 8.31. The predicted octanol–water partition coefficient (Wildman–Crippen LogP) is 5.94. The SMILES string of the molecule is COc1cc2ccccc2cc1C(=O)NC(=S)Nc1cc(Cl)c(Cl)cc1Cl. The second-order valence-corrected chi connectivity index (χ2v) is 7.18. The molecule has 8 heteroatoms. The summed E-state index contributed by atoms with van der Waals surface area (Å²) < 4.78 is 5.34. The lowest BCUT2D eigenvalue weighted by atomic mass is 10.1. The zero-order valence-electron chi connectivity index (χ0n) is 14.0. The topological polar surface area (TPSA) is 50.4 Å². The summed E-state index contributed by atoms with van der Waals surface area (Å²) >= 11 is 23.2. The van der Waals surface area contributed by atoms with E-state index in [0.717, 1.165) is 10.8 Å². The standard InChI is InChI=1S/C19H13Cl3N2O2S/c1-26-17-7-11-5-3-2-4-10(11)6-12(17)18(25)24-19(27)23-16-9-14(21)13(20)8-15(16)22/h2-9H,1H3,(H2,23,24,25,27). The van der Waals surface area contributed by atoms with E-state index in [1.807, 2.05) is 24.3 Å². The van der Waals surface area contributed by atoms with Gasteiger partial charge in [0.05, 0.1) is 33.4 Å². The summed E-state index contributed by atoms with van der Waals surface area (Å²) in [6.45, 7) is 0. The Morgan fingerprint density at radius 3 is 2.26 bits per heavy atom. The number of carbonyl (C=O) groups excluding carboxylic acids is 1. The smallest absolute Gasteiger partial charge is 0.261 e. The maximum Gasteiger partial charge on any atom is 0.261 e. The van der Waals surface area contributed by atoms with Crippen molar-refractivity contribution in [3.05, 3.63) is 69.2 Å². The largest absolute Gasteiger partial charge is 0.496 e. The average Bonchev–Trinajstić information content (AvgIpc) is 2.64. The third-order valence-electron chi connectivity index (χ3n) is 3.80. The number of rotatable bonds is 3. The Balaban J connectivity index is 1.82. The van der Waals surface area contributed by atoms with E-state index in [2.05, 4.69) is 10.6 Å². The third-order valence-corrected chi connectivity index (χ3v) is 5.04. The number of hydrogen-bond donors (Lipinski definition) is 2. The van der Waals surface area contributed by atoms with E-state index in [1.165, 1.54) is 19.2 Å². The molecule has 3 aromatic rings. The Hall–Kier alpha value is -2.05. The Labute approximate surface area is 176 Å². The Morgan fingerprint density at radius 2 is 1.59 bits per heavy atom. The van der Waals surface area contributed by atoms with Gasteiger partial charge >= 0.3 is 0 Å². The molecule has 1 amide bonds. The van der Waals surface area contributed by atoms with Crippen LogP contribution in [0.4, 0.5) is 5.69 Å². The molecule has 2 N–H and O–H groups in total. The number of fused-ring (bicyclic) bond motifs is 1. The molecular weight excluding hydrogens is 427 g/mol. The van der Waals surface area contributed by atoms with E-state index in [4.69, 9.17) is 51.8 Å². The highest BCUT2D eigenvalue weighted by Crippen LogP contribution is 2.32. The Bertz CT molecular complexity index is 1060. The van der Waals surface area contributed by atoms with E-state index >= 15 is 0 Å². The molecule has 0 unspecified atom stereocenters. The summed E-state index contributed by atoms with van der Waals surface area (Å²) in [5.74, 6) is 0.0351. The van der Waals surface area contributed by atoms with Crippen LogP contribution in [0.3, 0.4) is 0 Å². The van der Waals surface area contributed by atoms with Crippen molar-refractivity contribution in [3.63, 3.8) is 0 Å². The van der Waals surface area contributed by atoms with Crippen molar-refractivity contribution in [2.45, 2.75) is 0 Å². The van der Waals surface area contributed by atoms with Crippen molar-refractivity contribution >= 4 is 74.5 Å². The lowest BCUT2D eigenvalue weighted by molar-refractivity contribution is 0.0975. The first kappa shape index (κ1) is 19.7. The van der Waals surface area contributed by atoms with E-state index in [-0.39, 0.29) is 5.11 Å². The highest BCUT2D eigenvalue weighted by molar-refractivity contribution is 7.80. The molecule has 0 aromatic heterocycles. The van der Waals surface area contributed by atoms with Crippen LogP contribution in [-0.4, -0.2) is 18.1 Å². The number of benzene rings is 3. The highest BCUT2D eigenvalue weighted by Gasteiger charge is 2.16. The monoisotopic (exact) mass is 438 g/mol. The fourth-order valence-corrected chi connectivity index (χ4v) is 3.30. The van der Waals surface area contributed by atoms with Gasteiger partial charge in [-0.05, 0) is 47.3 Å². The highest BCUT2D eigenvalue weighted by atomic mass is 35.5. The molecule has 0 aliphatic heterocycles. The first-order valence-corrected chi connectivity index (χ1v) is 9.27. The number of methoxy groups -OCH3 is 1. The van der Waals surface area contributed by atoms with Crippen LogP contribution >= 0.6 is 47.0 Å². The summed E-state index contributed by atoms with van der Waals surface area (Å²) in [6.07, 6.45) is 0. The van der Waals surface area contributed by atoms with Crippen molar-refractivity contribution in [1.29, 1.82) is 0 Å². The minimum absolute atomic E-state index is 0.0653. The Kier molecular flexibility index (Phi) is 6.07. The van der Waals surface area contributed by atoms with Crippen LogP contribution in [0.15, 0.2) is 48.5 Å². The summed E-state index contributed by atoms with van der Waals surface area (Å²) in [5.41, 5.74) is 0.794. The number of nitrogens with one attached hydrogen (secondary N) is 2. The van der Waals surface area contributed by atoms with Crippen LogP contribution in [0, 0.1) is 0 Å². The quantitative estimate of drug-likeness (QED) is 0.392. The number of halogens is 3. The van der Waals surface area contributed by atoms with Gasteiger partial charge in [0.1, 0.15) is 5.75 Å². The van der Waals surface area contributed by atoms with Crippen LogP contribution in [0.5, 0.6) is 5.75 Å². The van der Waals surface area contributed by atoms with Gasteiger partial charge in [0.2, 0.25) is 0 Å². The molecule has 0 spiro atoms. The minimum Gasteiger partial charge on any atom is -0.496 e. The summed E-state index contributed by atoms with van der Waals surface area (Å²) in [7, 11) is 1.51. The van der Waals surface area contributed by atoms with Crippen LogP contribution in [0.25, 0.3) is 10.8 Å². The summed E-state index contributed by atoms with van der Waals surface area (Å²) in [4.78, 5) is 12.7. The number of anilines is 1. The molecule has 0 heterocycles. The maximum atomic E-state index is 12.7. The molecule has 27 heavy (non-hydrogen) atoms. The molecule has 0 fully saturated rings. The minimum atomic E-state index is -0.411. The Morgan fingerprint density at radius 1 is 0.963 bits per heavy atom. The number of ether oxygens (including phenoxy) is 1. The van der Waals surface area contributed by atoms with Gasteiger partial charge in [-0.3, -0.25) is 10.1 Å². The van der Waals surface area contributed by atoms with Crippen LogP contribution in [0.2, 0.25) is 15.1 Å². The zero-order valence-corrected chi connectivity index (χ0v) is 17.1.